The molecule has 0 saturated heterocycles. The summed E-state index contributed by atoms with van der Waals surface area (Å²) in [5.74, 6) is 0.689. The fraction of sp³-hybridized carbons (Fsp3) is 0.417. The molecule has 0 unspecified atom stereocenters. The van der Waals surface area contributed by atoms with Crippen LogP contribution >= 0.6 is 0 Å². The van der Waals surface area contributed by atoms with Crippen LogP contribution in [-0.2, 0) is 11.2 Å². The summed E-state index contributed by atoms with van der Waals surface area (Å²) in [5.41, 5.74) is 2.05. The van der Waals surface area contributed by atoms with Crippen LogP contribution in [0.25, 0.3) is 0 Å². The first-order chi connectivity index (χ1) is 7.66. The Kier molecular flexibility index (Phi) is 2.99. The van der Waals surface area contributed by atoms with Crippen molar-refractivity contribution < 1.29 is 19.4 Å². The van der Waals surface area contributed by atoms with Gasteiger partial charge in [-0.25, -0.2) is 0 Å². The first kappa shape index (κ1) is 10.8. The van der Waals surface area contributed by atoms with Crippen molar-refractivity contribution in [1.82, 2.24) is 0 Å². The van der Waals surface area contributed by atoms with E-state index >= 15 is 0 Å². The van der Waals surface area contributed by atoms with Crippen LogP contribution in [0, 0.1) is 6.92 Å². The van der Waals surface area contributed by atoms with Crippen molar-refractivity contribution in [3.8, 4) is 11.5 Å². The minimum absolute atomic E-state index is 0.139. The van der Waals surface area contributed by atoms with Crippen molar-refractivity contribution in [3.63, 3.8) is 0 Å². The summed E-state index contributed by atoms with van der Waals surface area (Å²) in [7, 11) is 0. The van der Waals surface area contributed by atoms with Gasteiger partial charge in [0.1, 0.15) is 13.2 Å². The number of rotatable bonds is 3. The Morgan fingerprint density at radius 2 is 1.94 bits per heavy atom. The average molecular weight is 222 g/mol. The van der Waals surface area contributed by atoms with Gasteiger partial charge in [0.15, 0.2) is 11.5 Å². The van der Waals surface area contributed by atoms with E-state index in [9.17, 15) is 4.79 Å². The largest absolute Gasteiger partial charge is 0.486 e. The van der Waals surface area contributed by atoms with E-state index in [1.807, 2.05) is 19.1 Å². The Morgan fingerprint density at radius 3 is 2.56 bits per heavy atom. The summed E-state index contributed by atoms with van der Waals surface area (Å²) in [6, 6.07) is 3.79. The molecular weight excluding hydrogens is 208 g/mol. The van der Waals surface area contributed by atoms with Gasteiger partial charge < -0.3 is 14.6 Å². The molecule has 4 heteroatoms. The number of carboxylic acid groups (broad SMARTS) is 1. The van der Waals surface area contributed by atoms with Crippen molar-refractivity contribution in [2.45, 2.75) is 19.8 Å². The van der Waals surface area contributed by atoms with E-state index in [4.69, 9.17) is 14.6 Å². The molecule has 1 N–H and O–H groups in total. The van der Waals surface area contributed by atoms with Gasteiger partial charge in [0, 0.05) is 6.42 Å². The maximum absolute atomic E-state index is 10.5. The molecular formula is C12H14O4. The van der Waals surface area contributed by atoms with Crippen LogP contribution < -0.4 is 9.47 Å². The van der Waals surface area contributed by atoms with Gasteiger partial charge in [0.05, 0.1) is 0 Å². The van der Waals surface area contributed by atoms with Crippen molar-refractivity contribution in [3.05, 3.63) is 23.3 Å². The SMILES string of the molecule is Cc1cc2c(cc1CCC(=O)O)OCCO2. The molecule has 0 saturated carbocycles. The number of hydrogen-bond acceptors (Lipinski definition) is 3. The molecule has 1 heterocycles. The highest BCUT2D eigenvalue weighted by atomic mass is 16.6. The number of hydrogen-bond donors (Lipinski definition) is 1. The normalized spacial score (nSPS) is 13.6. The van der Waals surface area contributed by atoms with Gasteiger partial charge in [-0.2, -0.15) is 0 Å². The molecule has 0 aliphatic carbocycles. The third-order valence-corrected chi connectivity index (χ3v) is 2.61. The van der Waals surface area contributed by atoms with Crippen molar-refractivity contribution >= 4 is 5.97 Å². The van der Waals surface area contributed by atoms with Gasteiger partial charge in [-0.15, -0.1) is 0 Å². The van der Waals surface area contributed by atoms with Crippen molar-refractivity contribution in [2.75, 3.05) is 13.2 Å². The smallest absolute Gasteiger partial charge is 0.303 e. The van der Waals surface area contributed by atoms with Crippen molar-refractivity contribution in [1.29, 1.82) is 0 Å². The second-order valence-corrected chi connectivity index (χ2v) is 3.82. The molecule has 1 aliphatic rings. The van der Waals surface area contributed by atoms with E-state index in [1.54, 1.807) is 0 Å². The van der Waals surface area contributed by atoms with Crippen molar-refractivity contribution in [2.24, 2.45) is 0 Å². The highest BCUT2D eigenvalue weighted by Gasteiger charge is 2.14. The van der Waals surface area contributed by atoms with E-state index in [0.717, 1.165) is 22.6 Å². The lowest BCUT2D eigenvalue weighted by Gasteiger charge is -2.20. The third kappa shape index (κ3) is 2.27. The highest BCUT2D eigenvalue weighted by Crippen LogP contribution is 2.33. The summed E-state index contributed by atoms with van der Waals surface area (Å²) in [6.07, 6.45) is 0.665. The molecule has 2 rings (SSSR count). The number of benzene rings is 1. The molecule has 0 aromatic heterocycles. The summed E-state index contributed by atoms with van der Waals surface area (Å²) < 4.78 is 10.9. The maximum Gasteiger partial charge on any atom is 0.303 e. The molecule has 0 atom stereocenters. The zero-order chi connectivity index (χ0) is 11.5. The van der Waals surface area contributed by atoms with Gasteiger partial charge in [0.2, 0.25) is 0 Å². The van der Waals surface area contributed by atoms with E-state index in [0.29, 0.717) is 19.6 Å². The van der Waals surface area contributed by atoms with Crippen LogP contribution in [0.3, 0.4) is 0 Å². The molecule has 0 fully saturated rings. The number of aliphatic carboxylic acids is 1. The van der Waals surface area contributed by atoms with Gasteiger partial charge in [-0.1, -0.05) is 0 Å². The predicted octanol–water partition coefficient (Wildman–Crippen LogP) is 1.78. The highest BCUT2D eigenvalue weighted by molar-refractivity contribution is 5.67. The van der Waals surface area contributed by atoms with Crippen LogP contribution in [-0.4, -0.2) is 24.3 Å². The van der Waals surface area contributed by atoms with Crippen LogP contribution in [0.5, 0.6) is 11.5 Å². The first-order valence-electron chi connectivity index (χ1n) is 5.28. The minimum Gasteiger partial charge on any atom is -0.486 e. The predicted molar refractivity (Wildman–Crippen MR) is 58.1 cm³/mol. The number of carboxylic acids is 1. The monoisotopic (exact) mass is 222 g/mol. The quantitative estimate of drug-likeness (QED) is 0.847. The Labute approximate surface area is 93.8 Å². The number of aryl methyl sites for hydroxylation is 2. The van der Waals surface area contributed by atoms with Gasteiger partial charge in [-0.05, 0) is 36.6 Å². The molecule has 1 aromatic carbocycles. The second kappa shape index (κ2) is 4.43. The van der Waals surface area contributed by atoms with E-state index in [1.165, 1.54) is 0 Å². The number of fused-ring (bicyclic) bond motifs is 1. The van der Waals surface area contributed by atoms with Crippen LogP contribution in [0.2, 0.25) is 0 Å². The zero-order valence-electron chi connectivity index (χ0n) is 9.16. The van der Waals surface area contributed by atoms with Crippen LogP contribution in [0.4, 0.5) is 0 Å². The lowest BCUT2D eigenvalue weighted by atomic mass is 10.0. The number of ether oxygens (including phenoxy) is 2. The summed E-state index contributed by atoms with van der Waals surface area (Å²) in [5, 5.41) is 8.65. The molecule has 0 spiro atoms. The maximum atomic E-state index is 10.5. The van der Waals surface area contributed by atoms with Gasteiger partial charge in [0.25, 0.3) is 0 Å². The Morgan fingerprint density at radius 1 is 1.31 bits per heavy atom. The molecule has 0 amide bonds. The van der Waals surface area contributed by atoms with E-state index in [2.05, 4.69) is 0 Å². The molecule has 0 bridgehead atoms. The third-order valence-electron chi connectivity index (χ3n) is 2.61. The summed E-state index contributed by atoms with van der Waals surface area (Å²) >= 11 is 0. The van der Waals surface area contributed by atoms with Gasteiger partial charge in [-0.3, -0.25) is 4.79 Å². The second-order valence-electron chi connectivity index (χ2n) is 3.82. The molecule has 0 radical (unpaired) electrons. The van der Waals surface area contributed by atoms with E-state index < -0.39 is 5.97 Å². The van der Waals surface area contributed by atoms with Crippen LogP contribution in [0.15, 0.2) is 12.1 Å². The molecule has 1 aromatic rings. The Hall–Kier alpha value is -1.71. The molecule has 86 valence electrons. The molecule has 4 nitrogen and oxygen atoms in total. The first-order valence-corrected chi connectivity index (χ1v) is 5.28. The summed E-state index contributed by atoms with van der Waals surface area (Å²) in [6.45, 7) is 3.07. The lowest BCUT2D eigenvalue weighted by Crippen LogP contribution is -2.16. The molecule has 1 aliphatic heterocycles. The topological polar surface area (TPSA) is 55.8 Å². The Bertz CT molecular complexity index is 412. The standard InChI is InChI=1S/C12H14O4/c1-8-6-10-11(16-5-4-15-10)7-9(8)2-3-12(13)14/h6-7H,2-5H2,1H3,(H,13,14). The fourth-order valence-corrected chi connectivity index (χ4v) is 1.74. The van der Waals surface area contributed by atoms with Gasteiger partial charge >= 0.3 is 5.97 Å². The minimum atomic E-state index is -0.783. The number of carbonyl (C=O) groups is 1. The summed E-state index contributed by atoms with van der Waals surface area (Å²) in [4.78, 5) is 10.5. The average Bonchev–Trinajstić information content (AvgIpc) is 2.26. The fourth-order valence-electron chi connectivity index (χ4n) is 1.74. The van der Waals surface area contributed by atoms with E-state index in [-0.39, 0.29) is 6.42 Å². The zero-order valence-corrected chi connectivity index (χ0v) is 9.16. The lowest BCUT2D eigenvalue weighted by molar-refractivity contribution is -0.136. The molecule has 16 heavy (non-hydrogen) atoms. The Balaban J connectivity index is 2.21. The van der Waals surface area contributed by atoms with Crippen LogP contribution in [0.1, 0.15) is 17.5 Å².